The Morgan fingerprint density at radius 2 is 2.04 bits per heavy atom. The van der Waals surface area contributed by atoms with E-state index in [2.05, 4.69) is 34.0 Å². The second-order valence-electron chi connectivity index (χ2n) is 5.80. The third-order valence-electron chi connectivity index (χ3n) is 4.00. The fourth-order valence-corrected chi connectivity index (χ4v) is 4.00. The number of fused-ring (bicyclic) bond motifs is 1. The van der Waals surface area contributed by atoms with Crippen molar-refractivity contribution in [1.29, 1.82) is 0 Å². The summed E-state index contributed by atoms with van der Waals surface area (Å²) in [5, 5.41) is 2.77. The Hall–Kier alpha value is -2.24. The molecule has 0 saturated heterocycles. The second kappa shape index (κ2) is 5.69. The monoisotopic (exact) mass is 357 g/mol. The molecule has 0 amide bonds. The van der Waals surface area contributed by atoms with Crippen molar-refractivity contribution >= 4 is 40.8 Å². The molecule has 0 aliphatic carbocycles. The zero-order valence-electron chi connectivity index (χ0n) is 13.5. The van der Waals surface area contributed by atoms with Crippen LogP contribution >= 0.6 is 22.9 Å². The number of halogens is 1. The standard InChI is InChI=1S/C18H16ClN3OS/c1-9-4-10(2)20-11(9)5-14-16(23-3)6-12(21-14)13-7-17-15(22-13)8-18(19)24-17/h4-8,20-21H,1-3H3/b13-12-,14-5-. The first-order valence-corrected chi connectivity index (χ1v) is 8.74. The summed E-state index contributed by atoms with van der Waals surface area (Å²) in [5.74, 6) is 0.793. The Labute approximate surface area is 147 Å². The molecule has 0 saturated carbocycles. The molecule has 122 valence electrons. The molecular weight excluding hydrogens is 342 g/mol. The first-order valence-electron chi connectivity index (χ1n) is 7.54. The number of aromatic amines is 2. The van der Waals surface area contributed by atoms with E-state index in [0.29, 0.717) is 0 Å². The van der Waals surface area contributed by atoms with E-state index < -0.39 is 0 Å². The molecule has 2 N–H and O–H groups in total. The van der Waals surface area contributed by atoms with E-state index in [4.69, 9.17) is 16.3 Å². The number of hydrogen-bond donors (Lipinski definition) is 2. The van der Waals surface area contributed by atoms with Crippen LogP contribution in [-0.2, 0) is 0 Å². The van der Waals surface area contributed by atoms with Crippen molar-refractivity contribution in [2.24, 2.45) is 4.99 Å². The van der Waals surface area contributed by atoms with Gasteiger partial charge in [0.1, 0.15) is 5.75 Å². The molecule has 0 bridgehead atoms. The molecule has 0 aromatic carbocycles. The van der Waals surface area contributed by atoms with Gasteiger partial charge in [-0.15, -0.1) is 11.3 Å². The first kappa shape index (κ1) is 15.3. The number of ether oxygens (including phenoxy) is 1. The lowest BCUT2D eigenvalue weighted by atomic mass is 10.2. The van der Waals surface area contributed by atoms with E-state index in [-0.39, 0.29) is 0 Å². The molecule has 3 aromatic rings. The molecule has 0 unspecified atom stereocenters. The molecule has 1 aliphatic rings. The predicted octanol–water partition coefficient (Wildman–Crippen LogP) is 1.73. The van der Waals surface area contributed by atoms with Crippen molar-refractivity contribution in [3.05, 3.63) is 60.1 Å². The molecule has 4 rings (SSSR count). The van der Waals surface area contributed by atoms with Gasteiger partial charge in [-0.3, -0.25) is 0 Å². The minimum Gasteiger partial charge on any atom is -0.494 e. The highest BCUT2D eigenvalue weighted by atomic mass is 35.5. The van der Waals surface area contributed by atoms with Crippen LogP contribution in [0.15, 0.2) is 23.2 Å². The zero-order valence-corrected chi connectivity index (χ0v) is 15.1. The lowest BCUT2D eigenvalue weighted by Crippen LogP contribution is -2.12. The van der Waals surface area contributed by atoms with Crippen molar-refractivity contribution in [2.45, 2.75) is 13.8 Å². The number of nitrogens with one attached hydrogen (secondary N) is 2. The van der Waals surface area contributed by atoms with Crippen molar-refractivity contribution in [1.82, 2.24) is 9.97 Å². The van der Waals surface area contributed by atoms with Gasteiger partial charge in [0.25, 0.3) is 0 Å². The zero-order chi connectivity index (χ0) is 16.8. The number of nitrogens with zero attached hydrogens (tertiary/aromatic N) is 1. The number of methoxy groups -OCH3 is 1. The van der Waals surface area contributed by atoms with Crippen LogP contribution < -0.4 is 25.3 Å². The minimum atomic E-state index is 0.759. The number of aromatic nitrogens is 2. The van der Waals surface area contributed by atoms with E-state index in [9.17, 15) is 0 Å². The summed E-state index contributed by atoms with van der Waals surface area (Å²) in [5.41, 5.74) is 4.30. The predicted molar refractivity (Wildman–Crippen MR) is 98.4 cm³/mol. The first-order chi connectivity index (χ1) is 11.5. The van der Waals surface area contributed by atoms with E-state index in [0.717, 1.165) is 47.8 Å². The van der Waals surface area contributed by atoms with Gasteiger partial charge in [-0.1, -0.05) is 11.6 Å². The Morgan fingerprint density at radius 1 is 1.21 bits per heavy atom. The van der Waals surface area contributed by atoms with Gasteiger partial charge in [-0.2, -0.15) is 0 Å². The fraction of sp³-hybridized carbons (Fsp3) is 0.167. The molecule has 3 aromatic heterocycles. The van der Waals surface area contributed by atoms with Crippen LogP contribution in [0.2, 0.25) is 4.34 Å². The molecule has 0 radical (unpaired) electrons. The van der Waals surface area contributed by atoms with Crippen LogP contribution in [0, 0.1) is 13.8 Å². The summed E-state index contributed by atoms with van der Waals surface area (Å²) in [6.45, 7) is 4.13. The smallest absolute Gasteiger partial charge is 0.144 e. The summed E-state index contributed by atoms with van der Waals surface area (Å²) in [4.78, 5) is 11.4. The highest BCUT2D eigenvalue weighted by molar-refractivity contribution is 7.14. The average molecular weight is 358 g/mol. The lowest BCUT2D eigenvalue weighted by molar-refractivity contribution is 0.412. The number of H-pyrrole nitrogens is 2. The molecule has 0 spiro atoms. The van der Waals surface area contributed by atoms with Gasteiger partial charge in [0.2, 0.25) is 0 Å². The topological polar surface area (TPSA) is 53.2 Å². The van der Waals surface area contributed by atoms with Crippen LogP contribution in [0.1, 0.15) is 17.0 Å². The quantitative estimate of drug-likeness (QED) is 0.721. The highest BCUT2D eigenvalue weighted by Crippen LogP contribution is 2.13. The number of hydrogen-bond acceptors (Lipinski definition) is 3. The SMILES string of the molecule is COc1c/c(=C2\C=c3sc(Cl)cc3=N2)[nH]/c1=C\c1[nH]c(C)cc1C. The number of aryl methyl sites for hydroxylation is 2. The largest absolute Gasteiger partial charge is 0.494 e. The van der Waals surface area contributed by atoms with Gasteiger partial charge < -0.3 is 14.7 Å². The fourth-order valence-electron chi connectivity index (χ4n) is 2.89. The van der Waals surface area contributed by atoms with E-state index in [1.165, 1.54) is 16.9 Å². The van der Waals surface area contributed by atoms with E-state index >= 15 is 0 Å². The lowest BCUT2D eigenvalue weighted by Gasteiger charge is -1.94. The van der Waals surface area contributed by atoms with Crippen LogP contribution in [0.3, 0.4) is 0 Å². The van der Waals surface area contributed by atoms with Gasteiger partial charge in [-0.05, 0) is 43.7 Å². The summed E-state index contributed by atoms with van der Waals surface area (Å²) in [6, 6.07) is 5.99. The Balaban J connectivity index is 1.90. The van der Waals surface area contributed by atoms with Gasteiger partial charge in [-0.25, -0.2) is 4.99 Å². The Bertz CT molecular complexity index is 1140. The van der Waals surface area contributed by atoms with Gasteiger partial charge >= 0.3 is 0 Å². The molecule has 0 fully saturated rings. The van der Waals surface area contributed by atoms with Crippen LogP contribution in [-0.4, -0.2) is 17.1 Å². The van der Waals surface area contributed by atoms with Gasteiger partial charge in [0, 0.05) is 17.5 Å². The van der Waals surface area contributed by atoms with Crippen molar-refractivity contribution in [3.8, 4) is 5.75 Å². The second-order valence-corrected chi connectivity index (χ2v) is 7.51. The van der Waals surface area contributed by atoms with Crippen molar-refractivity contribution < 1.29 is 4.74 Å². The van der Waals surface area contributed by atoms with Gasteiger partial charge in [0.05, 0.1) is 37.7 Å². The van der Waals surface area contributed by atoms with Crippen LogP contribution in [0.25, 0.3) is 17.8 Å². The summed E-state index contributed by atoms with van der Waals surface area (Å²) in [7, 11) is 1.67. The maximum Gasteiger partial charge on any atom is 0.144 e. The minimum absolute atomic E-state index is 0.759. The molecule has 24 heavy (non-hydrogen) atoms. The number of thiophene rings is 1. The highest BCUT2D eigenvalue weighted by Gasteiger charge is 2.08. The third kappa shape index (κ3) is 2.60. The summed E-state index contributed by atoms with van der Waals surface area (Å²) < 4.78 is 7.37. The molecule has 0 atom stereocenters. The normalized spacial score (nSPS) is 16.1. The number of rotatable bonds is 2. The Morgan fingerprint density at radius 3 is 2.71 bits per heavy atom. The van der Waals surface area contributed by atoms with Crippen LogP contribution in [0.5, 0.6) is 5.75 Å². The summed E-state index contributed by atoms with van der Waals surface area (Å²) in [6.07, 6.45) is 4.11. The molecule has 6 heteroatoms. The average Bonchev–Trinajstić information content (AvgIpc) is 3.23. The van der Waals surface area contributed by atoms with Crippen LogP contribution in [0.4, 0.5) is 0 Å². The van der Waals surface area contributed by atoms with Crippen molar-refractivity contribution in [3.63, 3.8) is 0 Å². The van der Waals surface area contributed by atoms with Crippen molar-refractivity contribution in [2.75, 3.05) is 7.11 Å². The Kier molecular flexibility index (Phi) is 3.62. The molecular formula is C18H16ClN3OS. The summed E-state index contributed by atoms with van der Waals surface area (Å²) >= 11 is 7.56. The molecule has 4 heterocycles. The van der Waals surface area contributed by atoms with E-state index in [1.807, 2.05) is 25.1 Å². The van der Waals surface area contributed by atoms with E-state index in [1.54, 1.807) is 7.11 Å². The molecule has 4 nitrogen and oxygen atoms in total. The van der Waals surface area contributed by atoms with Gasteiger partial charge in [0.15, 0.2) is 0 Å². The third-order valence-corrected chi connectivity index (χ3v) is 5.20. The maximum atomic E-state index is 6.02. The molecule has 1 aliphatic heterocycles. The maximum absolute atomic E-state index is 6.02.